The highest BCUT2D eigenvalue weighted by atomic mass is 35.5. The van der Waals surface area contributed by atoms with E-state index in [1.54, 1.807) is 18.2 Å². The van der Waals surface area contributed by atoms with Gasteiger partial charge in [0.05, 0.1) is 11.6 Å². The van der Waals surface area contributed by atoms with Gasteiger partial charge in [0.1, 0.15) is 12.4 Å². The highest BCUT2D eigenvalue weighted by Crippen LogP contribution is 2.37. The van der Waals surface area contributed by atoms with E-state index in [1.807, 2.05) is 19.1 Å². The molecule has 0 heterocycles. The fourth-order valence-corrected chi connectivity index (χ4v) is 2.68. The highest BCUT2D eigenvalue weighted by Gasteiger charge is 2.14. The molecule has 0 aliphatic heterocycles. The maximum atomic E-state index is 13.8. The van der Waals surface area contributed by atoms with Gasteiger partial charge in [0.2, 0.25) is 0 Å². The topological polar surface area (TPSA) is 30.5 Å². The summed E-state index contributed by atoms with van der Waals surface area (Å²) in [6.07, 6.45) is 0. The first-order chi connectivity index (χ1) is 12.0. The summed E-state index contributed by atoms with van der Waals surface area (Å²) in [6.45, 7) is 8.43. The van der Waals surface area contributed by atoms with E-state index in [4.69, 9.17) is 21.1 Å². The molecule has 0 unspecified atom stereocenters. The van der Waals surface area contributed by atoms with Gasteiger partial charge in [-0.05, 0) is 43.1 Å². The van der Waals surface area contributed by atoms with Crippen LogP contribution < -0.4 is 14.8 Å². The van der Waals surface area contributed by atoms with Crippen molar-refractivity contribution in [3.8, 4) is 11.5 Å². The molecule has 0 saturated carbocycles. The molecule has 25 heavy (non-hydrogen) atoms. The van der Waals surface area contributed by atoms with E-state index in [1.165, 1.54) is 6.07 Å². The van der Waals surface area contributed by atoms with Gasteiger partial charge in [-0.25, -0.2) is 4.39 Å². The van der Waals surface area contributed by atoms with Gasteiger partial charge < -0.3 is 14.8 Å². The molecule has 0 amide bonds. The fourth-order valence-electron chi connectivity index (χ4n) is 2.40. The Balaban J connectivity index is 2.14. The van der Waals surface area contributed by atoms with E-state index >= 15 is 0 Å². The average Bonchev–Trinajstić information content (AvgIpc) is 2.55. The first-order valence-corrected chi connectivity index (χ1v) is 8.91. The van der Waals surface area contributed by atoms with Crippen LogP contribution in [0.2, 0.25) is 5.02 Å². The molecular formula is C20H25ClFNO2. The molecule has 0 fully saturated rings. The van der Waals surface area contributed by atoms with E-state index in [2.05, 4.69) is 19.2 Å². The van der Waals surface area contributed by atoms with Gasteiger partial charge >= 0.3 is 0 Å². The van der Waals surface area contributed by atoms with E-state index in [0.717, 1.165) is 12.1 Å². The van der Waals surface area contributed by atoms with Crippen molar-refractivity contribution in [1.82, 2.24) is 5.32 Å². The highest BCUT2D eigenvalue weighted by molar-refractivity contribution is 6.32. The maximum absolute atomic E-state index is 13.8. The Kier molecular flexibility index (Phi) is 7.53. The number of benzene rings is 2. The van der Waals surface area contributed by atoms with Gasteiger partial charge in [-0.2, -0.15) is 0 Å². The van der Waals surface area contributed by atoms with E-state index in [9.17, 15) is 4.39 Å². The first kappa shape index (κ1) is 19.5. The van der Waals surface area contributed by atoms with Crippen LogP contribution in [0.5, 0.6) is 11.5 Å². The molecular weight excluding hydrogens is 341 g/mol. The quantitative estimate of drug-likeness (QED) is 0.662. The van der Waals surface area contributed by atoms with Crippen LogP contribution in [0.1, 0.15) is 31.9 Å². The van der Waals surface area contributed by atoms with Crippen LogP contribution in [-0.4, -0.2) is 13.2 Å². The van der Waals surface area contributed by atoms with Gasteiger partial charge in [-0.1, -0.05) is 43.6 Å². The van der Waals surface area contributed by atoms with Gasteiger partial charge in [-0.3, -0.25) is 0 Å². The zero-order chi connectivity index (χ0) is 18.2. The lowest BCUT2D eigenvalue weighted by Crippen LogP contribution is -2.19. The Morgan fingerprint density at radius 3 is 2.60 bits per heavy atom. The molecule has 0 bridgehead atoms. The molecule has 0 aromatic heterocycles. The van der Waals surface area contributed by atoms with E-state index in [-0.39, 0.29) is 12.4 Å². The number of ether oxygens (including phenoxy) is 2. The molecule has 0 saturated heterocycles. The van der Waals surface area contributed by atoms with Crippen LogP contribution in [0.3, 0.4) is 0 Å². The van der Waals surface area contributed by atoms with Crippen LogP contribution in [0.15, 0.2) is 36.4 Å². The summed E-state index contributed by atoms with van der Waals surface area (Å²) in [4.78, 5) is 0. The smallest absolute Gasteiger partial charge is 0.180 e. The van der Waals surface area contributed by atoms with Crippen molar-refractivity contribution in [2.45, 2.75) is 33.9 Å². The Labute approximate surface area is 154 Å². The van der Waals surface area contributed by atoms with Gasteiger partial charge in [0.25, 0.3) is 0 Å². The molecule has 0 aliphatic rings. The third-order valence-electron chi connectivity index (χ3n) is 3.58. The molecule has 3 nitrogen and oxygen atoms in total. The Morgan fingerprint density at radius 2 is 1.92 bits per heavy atom. The first-order valence-electron chi connectivity index (χ1n) is 8.53. The standard InChI is InChI=1S/C20H25ClFNO2/c1-4-24-19-10-15(12-23-11-14(2)3)9-17(21)20(19)25-13-16-7-5-6-8-18(16)22/h5-10,14,23H,4,11-13H2,1-3H3. The predicted octanol–water partition coefficient (Wildman–Crippen LogP) is 5.20. The van der Waals surface area contributed by atoms with Crippen molar-refractivity contribution >= 4 is 11.6 Å². The van der Waals surface area contributed by atoms with Crippen molar-refractivity contribution in [3.05, 3.63) is 58.4 Å². The third-order valence-corrected chi connectivity index (χ3v) is 3.86. The normalized spacial score (nSPS) is 11.0. The average molecular weight is 366 g/mol. The van der Waals surface area contributed by atoms with Crippen molar-refractivity contribution in [2.24, 2.45) is 5.92 Å². The van der Waals surface area contributed by atoms with Gasteiger partial charge in [0, 0.05) is 12.1 Å². The molecule has 5 heteroatoms. The predicted molar refractivity (Wildman–Crippen MR) is 99.9 cm³/mol. The minimum Gasteiger partial charge on any atom is -0.490 e. The zero-order valence-corrected chi connectivity index (χ0v) is 15.7. The number of rotatable bonds is 9. The van der Waals surface area contributed by atoms with E-state index < -0.39 is 0 Å². The Morgan fingerprint density at radius 1 is 1.16 bits per heavy atom. The summed E-state index contributed by atoms with van der Waals surface area (Å²) in [5.74, 6) is 1.29. The molecule has 0 radical (unpaired) electrons. The third kappa shape index (κ3) is 5.91. The molecule has 136 valence electrons. The summed E-state index contributed by atoms with van der Waals surface area (Å²) < 4.78 is 25.2. The Bertz CT molecular complexity index is 691. The van der Waals surface area contributed by atoms with Crippen LogP contribution in [0.25, 0.3) is 0 Å². The molecule has 0 spiro atoms. The Hall–Kier alpha value is -1.78. The number of halogens is 2. The monoisotopic (exact) mass is 365 g/mol. The van der Waals surface area contributed by atoms with Crippen molar-refractivity contribution in [1.29, 1.82) is 0 Å². The maximum Gasteiger partial charge on any atom is 0.180 e. The SMILES string of the molecule is CCOc1cc(CNCC(C)C)cc(Cl)c1OCc1ccccc1F. The summed E-state index contributed by atoms with van der Waals surface area (Å²) in [5, 5.41) is 3.84. The second kappa shape index (κ2) is 9.64. The zero-order valence-electron chi connectivity index (χ0n) is 14.9. The second-order valence-electron chi connectivity index (χ2n) is 6.24. The molecule has 2 aromatic rings. The largest absolute Gasteiger partial charge is 0.490 e. The van der Waals surface area contributed by atoms with Crippen LogP contribution >= 0.6 is 11.6 Å². The van der Waals surface area contributed by atoms with Crippen LogP contribution in [-0.2, 0) is 13.2 Å². The van der Waals surface area contributed by atoms with Crippen molar-refractivity contribution in [3.63, 3.8) is 0 Å². The second-order valence-corrected chi connectivity index (χ2v) is 6.65. The lowest BCUT2D eigenvalue weighted by atomic mass is 10.1. The lowest BCUT2D eigenvalue weighted by Gasteiger charge is -2.16. The minimum atomic E-state index is -0.300. The molecule has 2 rings (SSSR count). The summed E-state index contributed by atoms with van der Waals surface area (Å²) in [6, 6.07) is 10.3. The fraction of sp³-hybridized carbons (Fsp3) is 0.400. The molecule has 0 aliphatic carbocycles. The molecule has 0 atom stereocenters. The number of hydrogen-bond donors (Lipinski definition) is 1. The summed E-state index contributed by atoms with van der Waals surface area (Å²) in [7, 11) is 0. The van der Waals surface area contributed by atoms with Crippen molar-refractivity contribution in [2.75, 3.05) is 13.2 Å². The van der Waals surface area contributed by atoms with Crippen LogP contribution in [0.4, 0.5) is 4.39 Å². The summed E-state index contributed by atoms with van der Waals surface area (Å²) in [5.41, 5.74) is 1.50. The number of nitrogens with one attached hydrogen (secondary N) is 1. The van der Waals surface area contributed by atoms with Crippen LogP contribution in [0, 0.1) is 11.7 Å². The molecule has 1 N–H and O–H groups in total. The number of hydrogen-bond acceptors (Lipinski definition) is 3. The van der Waals surface area contributed by atoms with Gasteiger partial charge in [0.15, 0.2) is 11.5 Å². The lowest BCUT2D eigenvalue weighted by molar-refractivity contribution is 0.265. The van der Waals surface area contributed by atoms with E-state index in [0.29, 0.717) is 41.2 Å². The minimum absolute atomic E-state index is 0.0947. The van der Waals surface area contributed by atoms with Crippen molar-refractivity contribution < 1.29 is 13.9 Å². The van der Waals surface area contributed by atoms with Gasteiger partial charge in [-0.15, -0.1) is 0 Å². The molecule has 2 aromatic carbocycles. The summed E-state index contributed by atoms with van der Waals surface area (Å²) >= 11 is 6.39.